The molecular formula is C13H22O4. The maximum atomic E-state index is 11.1. The lowest BCUT2D eigenvalue weighted by Gasteiger charge is -2.22. The lowest BCUT2D eigenvalue weighted by molar-refractivity contribution is -0.155. The average molecular weight is 242 g/mol. The van der Waals surface area contributed by atoms with Gasteiger partial charge in [0, 0.05) is 0 Å². The number of aliphatic carboxylic acids is 2. The number of hydrogen-bond donors (Lipinski definition) is 2. The molecule has 0 aliphatic rings. The molecule has 0 aliphatic heterocycles. The number of allylic oxidation sites excluding steroid dienone is 2. The fourth-order valence-corrected chi connectivity index (χ4v) is 1.82. The summed E-state index contributed by atoms with van der Waals surface area (Å²) in [5.41, 5.74) is 0. The molecule has 0 aliphatic carbocycles. The van der Waals surface area contributed by atoms with Crippen LogP contribution in [0.15, 0.2) is 12.2 Å². The molecule has 98 valence electrons. The van der Waals surface area contributed by atoms with Crippen LogP contribution in [-0.2, 0) is 9.59 Å². The third kappa shape index (κ3) is 5.52. The lowest BCUT2D eigenvalue weighted by Crippen LogP contribution is -2.33. The van der Waals surface area contributed by atoms with Gasteiger partial charge in [-0.1, -0.05) is 39.8 Å². The van der Waals surface area contributed by atoms with E-state index in [1.165, 1.54) is 0 Å². The van der Waals surface area contributed by atoms with Crippen molar-refractivity contribution < 1.29 is 19.8 Å². The minimum absolute atomic E-state index is 0.193. The second-order valence-corrected chi connectivity index (χ2v) is 4.96. The Kier molecular flexibility index (Phi) is 6.54. The quantitative estimate of drug-likeness (QED) is 0.673. The molecule has 0 bridgehead atoms. The van der Waals surface area contributed by atoms with Gasteiger partial charge in [-0.2, -0.15) is 0 Å². The third-order valence-corrected chi connectivity index (χ3v) is 2.67. The van der Waals surface area contributed by atoms with Gasteiger partial charge in [0.25, 0.3) is 0 Å². The second-order valence-electron chi connectivity index (χ2n) is 4.96. The van der Waals surface area contributed by atoms with Crippen LogP contribution in [0.3, 0.4) is 0 Å². The van der Waals surface area contributed by atoms with Gasteiger partial charge in [-0.15, -0.1) is 0 Å². The topological polar surface area (TPSA) is 74.6 Å². The Morgan fingerprint density at radius 1 is 1.06 bits per heavy atom. The van der Waals surface area contributed by atoms with Gasteiger partial charge in [0.2, 0.25) is 0 Å². The van der Waals surface area contributed by atoms with Gasteiger partial charge in [-0.05, 0) is 18.3 Å². The van der Waals surface area contributed by atoms with Crippen LogP contribution in [0.5, 0.6) is 0 Å². The summed E-state index contributed by atoms with van der Waals surface area (Å²) < 4.78 is 0. The molecule has 2 N–H and O–H groups in total. The molecule has 2 atom stereocenters. The van der Waals surface area contributed by atoms with Crippen LogP contribution in [0.25, 0.3) is 0 Å². The summed E-state index contributed by atoms with van der Waals surface area (Å²) in [6.45, 7) is 7.45. The Hall–Kier alpha value is -1.32. The van der Waals surface area contributed by atoms with E-state index in [0.29, 0.717) is 5.92 Å². The normalized spacial score (nSPS) is 15.4. The average Bonchev–Trinajstić information content (AvgIpc) is 2.13. The van der Waals surface area contributed by atoms with Crippen LogP contribution >= 0.6 is 0 Å². The van der Waals surface area contributed by atoms with Crippen LogP contribution < -0.4 is 0 Å². The minimum Gasteiger partial charge on any atom is -0.481 e. The van der Waals surface area contributed by atoms with E-state index in [4.69, 9.17) is 10.2 Å². The van der Waals surface area contributed by atoms with Crippen molar-refractivity contribution in [1.82, 2.24) is 0 Å². The molecule has 4 heteroatoms. The van der Waals surface area contributed by atoms with Crippen molar-refractivity contribution in [1.29, 1.82) is 0 Å². The van der Waals surface area contributed by atoms with E-state index in [1.54, 1.807) is 19.9 Å². The summed E-state index contributed by atoms with van der Waals surface area (Å²) in [6.07, 6.45) is 3.93. The first-order valence-corrected chi connectivity index (χ1v) is 5.89. The third-order valence-electron chi connectivity index (χ3n) is 2.67. The van der Waals surface area contributed by atoms with Crippen LogP contribution in [0.1, 0.15) is 34.1 Å². The molecule has 0 radical (unpaired) electrons. The number of carbonyl (C=O) groups is 2. The van der Waals surface area contributed by atoms with Gasteiger partial charge in [0.1, 0.15) is 0 Å². The molecule has 0 aromatic carbocycles. The fraction of sp³-hybridized carbons (Fsp3) is 0.692. The molecule has 0 fully saturated rings. The molecule has 0 aromatic heterocycles. The maximum absolute atomic E-state index is 11.1. The van der Waals surface area contributed by atoms with E-state index in [9.17, 15) is 9.59 Å². The smallest absolute Gasteiger partial charge is 0.307 e. The zero-order valence-electron chi connectivity index (χ0n) is 10.9. The molecule has 0 amide bonds. The molecule has 0 aromatic rings. The number of rotatable bonds is 7. The van der Waals surface area contributed by atoms with Gasteiger partial charge in [0.15, 0.2) is 0 Å². The first kappa shape index (κ1) is 15.7. The van der Waals surface area contributed by atoms with Gasteiger partial charge in [0.05, 0.1) is 11.8 Å². The van der Waals surface area contributed by atoms with Crippen molar-refractivity contribution in [2.24, 2.45) is 23.7 Å². The van der Waals surface area contributed by atoms with E-state index in [-0.39, 0.29) is 12.3 Å². The Balaban J connectivity index is 4.82. The number of hydrogen-bond acceptors (Lipinski definition) is 2. The highest BCUT2D eigenvalue weighted by Crippen LogP contribution is 2.25. The minimum atomic E-state index is -1.04. The van der Waals surface area contributed by atoms with E-state index in [0.717, 1.165) is 0 Å². The van der Waals surface area contributed by atoms with Crippen molar-refractivity contribution in [2.75, 3.05) is 0 Å². The molecule has 17 heavy (non-hydrogen) atoms. The lowest BCUT2D eigenvalue weighted by atomic mass is 9.81. The van der Waals surface area contributed by atoms with E-state index in [2.05, 4.69) is 0 Å². The van der Waals surface area contributed by atoms with Gasteiger partial charge in [-0.25, -0.2) is 0 Å². The number of carboxylic acids is 2. The Bertz CT molecular complexity index is 292. The summed E-state index contributed by atoms with van der Waals surface area (Å²) in [6, 6.07) is 0. The molecule has 0 saturated carbocycles. The van der Waals surface area contributed by atoms with Gasteiger partial charge in [-0.3, -0.25) is 9.59 Å². The van der Waals surface area contributed by atoms with Gasteiger partial charge >= 0.3 is 11.9 Å². The zero-order chi connectivity index (χ0) is 13.6. The molecule has 4 nitrogen and oxygen atoms in total. The van der Waals surface area contributed by atoms with Crippen LogP contribution in [0.2, 0.25) is 0 Å². The van der Waals surface area contributed by atoms with Crippen molar-refractivity contribution in [3.05, 3.63) is 12.2 Å². The molecule has 2 unspecified atom stereocenters. The molecule has 0 rings (SSSR count). The van der Waals surface area contributed by atoms with E-state index in [1.807, 2.05) is 19.9 Å². The highest BCUT2D eigenvalue weighted by molar-refractivity contribution is 5.80. The van der Waals surface area contributed by atoms with Crippen LogP contribution in [-0.4, -0.2) is 22.2 Å². The molecule has 0 saturated heterocycles. The number of carboxylic acid groups (broad SMARTS) is 2. The predicted octanol–water partition coefficient (Wildman–Crippen LogP) is 2.65. The van der Waals surface area contributed by atoms with Crippen molar-refractivity contribution >= 4 is 11.9 Å². The zero-order valence-corrected chi connectivity index (χ0v) is 10.9. The molecule has 0 spiro atoms. The highest BCUT2D eigenvalue weighted by atomic mass is 16.4. The first-order valence-electron chi connectivity index (χ1n) is 5.89. The SMILES string of the molecule is CC(C)/C=C/CC(C(=O)O)C(C(=O)O)C(C)C. The van der Waals surface area contributed by atoms with Crippen molar-refractivity contribution in [3.63, 3.8) is 0 Å². The summed E-state index contributed by atoms with van der Waals surface area (Å²) in [5.74, 6) is -3.63. The fourth-order valence-electron chi connectivity index (χ4n) is 1.82. The molecule has 0 heterocycles. The largest absolute Gasteiger partial charge is 0.481 e. The Morgan fingerprint density at radius 2 is 1.59 bits per heavy atom. The second kappa shape index (κ2) is 7.09. The first-order chi connectivity index (χ1) is 7.77. The highest BCUT2D eigenvalue weighted by Gasteiger charge is 2.35. The van der Waals surface area contributed by atoms with Crippen molar-refractivity contribution in [3.8, 4) is 0 Å². The predicted molar refractivity (Wildman–Crippen MR) is 65.7 cm³/mol. The van der Waals surface area contributed by atoms with Gasteiger partial charge < -0.3 is 10.2 Å². The van der Waals surface area contributed by atoms with Crippen LogP contribution in [0.4, 0.5) is 0 Å². The Morgan fingerprint density at radius 3 is 1.88 bits per heavy atom. The standard InChI is InChI=1S/C13H22O4/c1-8(2)6-5-7-10(12(14)15)11(9(3)4)13(16)17/h5-6,8-11H,7H2,1-4H3,(H,14,15)(H,16,17)/b6-5+. The summed E-state index contributed by atoms with van der Waals surface area (Å²) >= 11 is 0. The van der Waals surface area contributed by atoms with E-state index >= 15 is 0 Å². The molecular weight excluding hydrogens is 220 g/mol. The maximum Gasteiger partial charge on any atom is 0.307 e. The van der Waals surface area contributed by atoms with Crippen LogP contribution in [0, 0.1) is 23.7 Å². The summed E-state index contributed by atoms with van der Waals surface area (Å²) in [4.78, 5) is 22.2. The monoisotopic (exact) mass is 242 g/mol. The summed E-state index contributed by atoms with van der Waals surface area (Å²) in [7, 11) is 0. The van der Waals surface area contributed by atoms with Crippen molar-refractivity contribution in [2.45, 2.75) is 34.1 Å². The summed E-state index contributed by atoms with van der Waals surface area (Å²) in [5, 5.41) is 18.2. The van der Waals surface area contributed by atoms with E-state index < -0.39 is 23.8 Å². The Labute approximate surface area is 102 Å².